The quantitative estimate of drug-likeness (QED) is 0.793. The largest absolute Gasteiger partial charge is 0.395 e. The van der Waals surface area contributed by atoms with Gasteiger partial charge in [0.15, 0.2) is 5.82 Å². The standard InChI is InChI=1S/C10H14N4O/c1-8-7-9-10(13(2)5-6-15)11-3-4-14(9)12-8/h3-4,7,15H,5-6H2,1-2H3. The Kier molecular flexibility index (Phi) is 2.55. The summed E-state index contributed by atoms with van der Waals surface area (Å²) in [6.45, 7) is 2.63. The van der Waals surface area contributed by atoms with Gasteiger partial charge in [-0.2, -0.15) is 5.10 Å². The molecule has 2 aromatic heterocycles. The summed E-state index contributed by atoms with van der Waals surface area (Å²) in [6, 6.07) is 1.98. The predicted molar refractivity (Wildman–Crippen MR) is 58.1 cm³/mol. The van der Waals surface area contributed by atoms with Crippen LogP contribution in [0.4, 0.5) is 5.82 Å². The Morgan fingerprint density at radius 1 is 1.53 bits per heavy atom. The molecule has 2 heterocycles. The maximum atomic E-state index is 8.88. The van der Waals surface area contributed by atoms with Crippen molar-refractivity contribution >= 4 is 11.3 Å². The van der Waals surface area contributed by atoms with E-state index in [-0.39, 0.29) is 6.61 Å². The monoisotopic (exact) mass is 206 g/mol. The van der Waals surface area contributed by atoms with Crippen molar-refractivity contribution in [2.75, 3.05) is 25.1 Å². The number of rotatable bonds is 3. The lowest BCUT2D eigenvalue weighted by Crippen LogP contribution is -2.22. The molecule has 0 amide bonds. The fraction of sp³-hybridized carbons (Fsp3) is 0.400. The molecule has 0 aliphatic rings. The van der Waals surface area contributed by atoms with Crippen LogP contribution in [0.1, 0.15) is 5.69 Å². The zero-order valence-corrected chi connectivity index (χ0v) is 8.88. The number of nitrogens with zero attached hydrogens (tertiary/aromatic N) is 4. The van der Waals surface area contributed by atoms with Gasteiger partial charge in [-0.3, -0.25) is 0 Å². The predicted octanol–water partition coefficient (Wildman–Crippen LogP) is 0.466. The molecule has 80 valence electrons. The van der Waals surface area contributed by atoms with Crippen molar-refractivity contribution in [2.24, 2.45) is 0 Å². The van der Waals surface area contributed by atoms with Crippen LogP contribution in [0.15, 0.2) is 18.5 Å². The Morgan fingerprint density at radius 3 is 3.07 bits per heavy atom. The Bertz CT molecular complexity index is 465. The third-order valence-electron chi connectivity index (χ3n) is 2.29. The maximum Gasteiger partial charge on any atom is 0.154 e. The molecule has 0 fully saturated rings. The Balaban J connectivity index is 2.50. The average molecular weight is 206 g/mol. The van der Waals surface area contributed by atoms with Crippen molar-refractivity contribution in [1.29, 1.82) is 0 Å². The van der Waals surface area contributed by atoms with Gasteiger partial charge in [0, 0.05) is 26.0 Å². The van der Waals surface area contributed by atoms with E-state index in [0.29, 0.717) is 6.54 Å². The summed E-state index contributed by atoms with van der Waals surface area (Å²) in [7, 11) is 1.90. The minimum atomic E-state index is 0.117. The van der Waals surface area contributed by atoms with Crippen LogP contribution in [-0.2, 0) is 0 Å². The van der Waals surface area contributed by atoms with E-state index in [2.05, 4.69) is 10.1 Å². The first-order chi connectivity index (χ1) is 7.22. The van der Waals surface area contributed by atoms with Crippen molar-refractivity contribution in [3.63, 3.8) is 0 Å². The smallest absolute Gasteiger partial charge is 0.154 e. The molecule has 5 nitrogen and oxygen atoms in total. The number of hydrogen-bond donors (Lipinski definition) is 1. The van der Waals surface area contributed by atoms with E-state index in [1.165, 1.54) is 0 Å². The van der Waals surface area contributed by atoms with E-state index < -0.39 is 0 Å². The van der Waals surface area contributed by atoms with Crippen molar-refractivity contribution in [3.8, 4) is 0 Å². The SMILES string of the molecule is Cc1cc2c(N(C)CCO)nccn2n1. The summed E-state index contributed by atoms with van der Waals surface area (Å²) >= 11 is 0. The highest BCUT2D eigenvalue weighted by molar-refractivity contribution is 5.68. The van der Waals surface area contributed by atoms with Gasteiger partial charge in [0.1, 0.15) is 5.52 Å². The number of aliphatic hydroxyl groups excluding tert-OH is 1. The highest BCUT2D eigenvalue weighted by atomic mass is 16.3. The molecule has 0 spiro atoms. The number of aromatic nitrogens is 3. The van der Waals surface area contributed by atoms with Crippen LogP contribution in [0.3, 0.4) is 0 Å². The second kappa shape index (κ2) is 3.86. The summed E-state index contributed by atoms with van der Waals surface area (Å²) < 4.78 is 1.80. The van der Waals surface area contributed by atoms with Gasteiger partial charge in [0.2, 0.25) is 0 Å². The highest BCUT2D eigenvalue weighted by Crippen LogP contribution is 2.17. The molecule has 0 bridgehead atoms. The van der Waals surface area contributed by atoms with Crippen LogP contribution in [0.25, 0.3) is 5.52 Å². The number of anilines is 1. The Hall–Kier alpha value is -1.62. The van der Waals surface area contributed by atoms with E-state index in [0.717, 1.165) is 17.0 Å². The van der Waals surface area contributed by atoms with E-state index >= 15 is 0 Å². The average Bonchev–Trinajstić information content (AvgIpc) is 2.57. The first-order valence-corrected chi connectivity index (χ1v) is 4.85. The molecule has 2 aromatic rings. The van der Waals surface area contributed by atoms with Crippen LogP contribution < -0.4 is 4.90 Å². The zero-order chi connectivity index (χ0) is 10.8. The fourth-order valence-corrected chi connectivity index (χ4v) is 1.58. The number of likely N-dealkylation sites (N-methyl/N-ethyl adjacent to an activating group) is 1. The molecule has 0 saturated heterocycles. The minimum Gasteiger partial charge on any atom is -0.395 e. The molecular formula is C10H14N4O. The number of aliphatic hydroxyl groups is 1. The summed E-state index contributed by atoms with van der Waals surface area (Å²) in [4.78, 5) is 6.21. The summed E-state index contributed by atoms with van der Waals surface area (Å²) in [5.74, 6) is 0.840. The lowest BCUT2D eigenvalue weighted by molar-refractivity contribution is 0.304. The van der Waals surface area contributed by atoms with Gasteiger partial charge in [-0.1, -0.05) is 0 Å². The number of hydrogen-bond acceptors (Lipinski definition) is 4. The van der Waals surface area contributed by atoms with Crippen LogP contribution in [0, 0.1) is 6.92 Å². The molecule has 0 aliphatic heterocycles. The van der Waals surface area contributed by atoms with Gasteiger partial charge in [-0.25, -0.2) is 9.50 Å². The van der Waals surface area contributed by atoms with Gasteiger partial charge >= 0.3 is 0 Å². The molecule has 0 unspecified atom stereocenters. The molecule has 0 saturated carbocycles. The third-order valence-corrected chi connectivity index (χ3v) is 2.29. The molecule has 1 N–H and O–H groups in total. The lowest BCUT2D eigenvalue weighted by atomic mass is 10.4. The first kappa shape index (κ1) is 9.92. The zero-order valence-electron chi connectivity index (χ0n) is 8.88. The molecule has 2 rings (SSSR count). The van der Waals surface area contributed by atoms with E-state index in [4.69, 9.17) is 5.11 Å². The summed E-state index contributed by atoms with van der Waals surface area (Å²) in [5.41, 5.74) is 1.92. The van der Waals surface area contributed by atoms with Crippen molar-refractivity contribution in [3.05, 3.63) is 24.2 Å². The molecule has 0 radical (unpaired) electrons. The third kappa shape index (κ3) is 1.78. The number of fused-ring (bicyclic) bond motifs is 1. The van der Waals surface area contributed by atoms with Crippen molar-refractivity contribution in [2.45, 2.75) is 6.92 Å². The van der Waals surface area contributed by atoms with Crippen LogP contribution in [0.2, 0.25) is 0 Å². The normalized spacial score (nSPS) is 10.9. The molecule has 15 heavy (non-hydrogen) atoms. The Labute approximate surface area is 88.0 Å². The van der Waals surface area contributed by atoms with Gasteiger partial charge in [0.25, 0.3) is 0 Å². The van der Waals surface area contributed by atoms with Crippen molar-refractivity contribution in [1.82, 2.24) is 14.6 Å². The van der Waals surface area contributed by atoms with Gasteiger partial charge in [0.05, 0.1) is 12.3 Å². The molecule has 0 atom stereocenters. The highest BCUT2D eigenvalue weighted by Gasteiger charge is 2.08. The van der Waals surface area contributed by atoms with Crippen molar-refractivity contribution < 1.29 is 5.11 Å². The first-order valence-electron chi connectivity index (χ1n) is 4.85. The van der Waals surface area contributed by atoms with E-state index in [1.807, 2.05) is 31.1 Å². The number of aryl methyl sites for hydroxylation is 1. The minimum absolute atomic E-state index is 0.117. The summed E-state index contributed by atoms with van der Waals surface area (Å²) in [6.07, 6.45) is 3.53. The second-order valence-corrected chi connectivity index (χ2v) is 3.51. The van der Waals surface area contributed by atoms with Crippen LogP contribution >= 0.6 is 0 Å². The summed E-state index contributed by atoms with van der Waals surface area (Å²) in [5, 5.41) is 13.2. The van der Waals surface area contributed by atoms with Crippen LogP contribution in [0.5, 0.6) is 0 Å². The molecule has 0 aliphatic carbocycles. The molecule has 5 heteroatoms. The lowest BCUT2D eigenvalue weighted by Gasteiger charge is -2.16. The van der Waals surface area contributed by atoms with E-state index in [1.54, 1.807) is 10.7 Å². The van der Waals surface area contributed by atoms with Gasteiger partial charge in [-0.05, 0) is 13.0 Å². The topological polar surface area (TPSA) is 53.7 Å². The van der Waals surface area contributed by atoms with E-state index in [9.17, 15) is 0 Å². The van der Waals surface area contributed by atoms with Crippen LogP contribution in [-0.4, -0.2) is 39.9 Å². The molecule has 0 aromatic carbocycles. The molecular weight excluding hydrogens is 192 g/mol. The maximum absolute atomic E-state index is 8.88. The van der Waals surface area contributed by atoms with Gasteiger partial charge in [-0.15, -0.1) is 0 Å². The fourth-order valence-electron chi connectivity index (χ4n) is 1.58. The Morgan fingerprint density at radius 2 is 2.33 bits per heavy atom. The van der Waals surface area contributed by atoms with Gasteiger partial charge < -0.3 is 10.0 Å². The second-order valence-electron chi connectivity index (χ2n) is 3.51.